The van der Waals surface area contributed by atoms with Crippen molar-refractivity contribution in [2.75, 3.05) is 0 Å². The van der Waals surface area contributed by atoms with E-state index in [9.17, 15) is 5.11 Å². The molecule has 2 aromatic heterocycles. The van der Waals surface area contributed by atoms with Crippen LogP contribution in [0.5, 0.6) is 0 Å². The van der Waals surface area contributed by atoms with Crippen LogP contribution in [0.1, 0.15) is 5.69 Å². The van der Waals surface area contributed by atoms with Gasteiger partial charge in [-0.15, -0.1) is 5.10 Å². The predicted molar refractivity (Wildman–Crippen MR) is 80.1 cm³/mol. The van der Waals surface area contributed by atoms with Crippen molar-refractivity contribution in [3.8, 4) is 5.82 Å². The smallest absolute Gasteiger partial charge is 0.164 e. The third-order valence-electron chi connectivity index (χ3n) is 3.49. The van der Waals surface area contributed by atoms with Crippen molar-refractivity contribution in [1.29, 1.82) is 0 Å². The molecule has 21 heavy (non-hydrogen) atoms. The Bertz CT molecular complexity index is 945. The van der Waals surface area contributed by atoms with Crippen molar-refractivity contribution < 1.29 is 5.11 Å². The number of pyridine rings is 1. The summed E-state index contributed by atoms with van der Waals surface area (Å²) in [6.07, 6.45) is 0. The van der Waals surface area contributed by atoms with Crippen LogP contribution in [0, 0.1) is 0 Å². The molecule has 0 amide bonds. The molecule has 102 valence electrons. The van der Waals surface area contributed by atoms with Gasteiger partial charge in [-0.05, 0) is 23.6 Å². The van der Waals surface area contributed by atoms with E-state index in [2.05, 4.69) is 15.3 Å². The molecule has 0 unspecified atom stereocenters. The summed E-state index contributed by atoms with van der Waals surface area (Å²) in [5, 5.41) is 19.8. The SMILES string of the molecule is OCc1cc2ccccc2c(-n2nnc3ccccc32)n1. The van der Waals surface area contributed by atoms with Crippen LogP contribution in [0.3, 0.4) is 0 Å². The second-order valence-electron chi connectivity index (χ2n) is 4.81. The zero-order chi connectivity index (χ0) is 14.2. The van der Waals surface area contributed by atoms with Gasteiger partial charge < -0.3 is 5.11 Å². The third-order valence-corrected chi connectivity index (χ3v) is 3.49. The molecule has 0 bridgehead atoms. The number of fused-ring (bicyclic) bond motifs is 2. The fourth-order valence-electron chi connectivity index (χ4n) is 2.50. The van der Waals surface area contributed by atoms with Gasteiger partial charge in [0.15, 0.2) is 5.82 Å². The minimum absolute atomic E-state index is 0.107. The fraction of sp³-hybridized carbons (Fsp3) is 0.0625. The number of rotatable bonds is 2. The summed E-state index contributed by atoms with van der Waals surface area (Å²) in [6, 6.07) is 17.6. The van der Waals surface area contributed by atoms with E-state index >= 15 is 0 Å². The number of aromatic nitrogens is 4. The normalized spacial score (nSPS) is 11.3. The predicted octanol–water partition coefficient (Wildman–Crippen LogP) is 2.46. The van der Waals surface area contributed by atoms with Crippen LogP contribution in [0.25, 0.3) is 27.6 Å². The van der Waals surface area contributed by atoms with E-state index in [1.807, 2.05) is 54.6 Å². The standard InChI is InChI=1S/C16H12N4O/c21-10-12-9-11-5-1-2-6-13(11)16(17-12)20-15-8-4-3-7-14(15)18-19-20/h1-9,21H,10H2. The highest BCUT2D eigenvalue weighted by Gasteiger charge is 2.12. The largest absolute Gasteiger partial charge is 0.390 e. The maximum Gasteiger partial charge on any atom is 0.164 e. The number of para-hydroxylation sites is 1. The number of hydrogen-bond acceptors (Lipinski definition) is 4. The molecule has 0 aliphatic carbocycles. The van der Waals surface area contributed by atoms with Crippen molar-refractivity contribution >= 4 is 21.8 Å². The molecule has 5 heteroatoms. The van der Waals surface area contributed by atoms with Gasteiger partial charge in [0.2, 0.25) is 0 Å². The monoisotopic (exact) mass is 276 g/mol. The molecule has 0 saturated heterocycles. The molecule has 0 fully saturated rings. The molecule has 0 saturated carbocycles. The van der Waals surface area contributed by atoms with Crippen LogP contribution in [0.4, 0.5) is 0 Å². The van der Waals surface area contributed by atoms with Crippen molar-refractivity contribution in [2.45, 2.75) is 6.61 Å². The Hall–Kier alpha value is -2.79. The molecule has 0 atom stereocenters. The summed E-state index contributed by atoms with van der Waals surface area (Å²) in [5.41, 5.74) is 2.33. The second-order valence-corrected chi connectivity index (χ2v) is 4.81. The van der Waals surface area contributed by atoms with Gasteiger partial charge in [0, 0.05) is 5.39 Å². The van der Waals surface area contributed by atoms with Gasteiger partial charge in [0.05, 0.1) is 17.8 Å². The first-order valence-corrected chi connectivity index (χ1v) is 6.67. The van der Waals surface area contributed by atoms with Gasteiger partial charge in [-0.25, -0.2) is 4.98 Å². The molecule has 1 N–H and O–H groups in total. The van der Waals surface area contributed by atoms with E-state index in [0.717, 1.165) is 21.8 Å². The highest BCUT2D eigenvalue weighted by molar-refractivity contribution is 5.90. The lowest BCUT2D eigenvalue weighted by Crippen LogP contribution is -2.03. The number of hydrogen-bond donors (Lipinski definition) is 1. The fourth-order valence-corrected chi connectivity index (χ4v) is 2.50. The van der Waals surface area contributed by atoms with E-state index in [1.165, 1.54) is 0 Å². The summed E-state index contributed by atoms with van der Waals surface area (Å²) in [6.45, 7) is -0.107. The lowest BCUT2D eigenvalue weighted by molar-refractivity contribution is 0.277. The molecular weight excluding hydrogens is 264 g/mol. The lowest BCUT2D eigenvalue weighted by Gasteiger charge is -2.08. The number of aliphatic hydroxyl groups is 1. The average molecular weight is 276 g/mol. The van der Waals surface area contributed by atoms with Crippen LogP contribution < -0.4 is 0 Å². The summed E-state index contributed by atoms with van der Waals surface area (Å²) >= 11 is 0. The highest BCUT2D eigenvalue weighted by atomic mass is 16.3. The Labute approximate surface area is 120 Å². The van der Waals surface area contributed by atoms with Crippen molar-refractivity contribution in [1.82, 2.24) is 20.0 Å². The minimum atomic E-state index is -0.107. The van der Waals surface area contributed by atoms with Gasteiger partial charge in [-0.2, -0.15) is 4.68 Å². The Morgan fingerprint density at radius 2 is 1.81 bits per heavy atom. The van der Waals surface area contributed by atoms with Crippen LogP contribution in [-0.4, -0.2) is 25.1 Å². The average Bonchev–Trinajstić information content (AvgIpc) is 2.97. The van der Waals surface area contributed by atoms with Crippen LogP contribution >= 0.6 is 0 Å². The van der Waals surface area contributed by atoms with E-state index < -0.39 is 0 Å². The van der Waals surface area contributed by atoms with E-state index in [0.29, 0.717) is 11.5 Å². The number of aliphatic hydroxyl groups excluding tert-OH is 1. The maximum absolute atomic E-state index is 9.42. The van der Waals surface area contributed by atoms with Gasteiger partial charge in [0.25, 0.3) is 0 Å². The van der Waals surface area contributed by atoms with E-state index in [4.69, 9.17) is 0 Å². The summed E-state index contributed by atoms with van der Waals surface area (Å²) < 4.78 is 1.72. The Kier molecular flexibility index (Phi) is 2.65. The quantitative estimate of drug-likeness (QED) is 0.611. The van der Waals surface area contributed by atoms with Crippen LogP contribution in [-0.2, 0) is 6.61 Å². The van der Waals surface area contributed by atoms with Gasteiger partial charge in [-0.1, -0.05) is 41.6 Å². The third kappa shape index (κ3) is 1.86. The van der Waals surface area contributed by atoms with Crippen molar-refractivity contribution in [2.24, 2.45) is 0 Å². The Morgan fingerprint density at radius 1 is 1.00 bits per heavy atom. The highest BCUT2D eigenvalue weighted by Crippen LogP contribution is 2.24. The molecule has 5 nitrogen and oxygen atoms in total. The molecule has 2 aromatic carbocycles. The number of nitrogens with zero attached hydrogens (tertiary/aromatic N) is 4. The molecule has 0 aliphatic rings. The topological polar surface area (TPSA) is 63.8 Å². The van der Waals surface area contributed by atoms with Crippen LogP contribution in [0.2, 0.25) is 0 Å². The van der Waals surface area contributed by atoms with Gasteiger partial charge >= 0.3 is 0 Å². The first-order chi connectivity index (χ1) is 10.4. The molecule has 0 spiro atoms. The molecule has 0 radical (unpaired) electrons. The molecular formula is C16H12N4O. The first-order valence-electron chi connectivity index (χ1n) is 6.67. The summed E-state index contributed by atoms with van der Waals surface area (Å²) in [4.78, 5) is 4.52. The maximum atomic E-state index is 9.42. The molecule has 0 aliphatic heterocycles. The van der Waals surface area contributed by atoms with Gasteiger partial charge in [-0.3, -0.25) is 0 Å². The van der Waals surface area contributed by atoms with Crippen molar-refractivity contribution in [3.05, 3.63) is 60.3 Å². The zero-order valence-electron chi connectivity index (χ0n) is 11.1. The Balaban J connectivity index is 2.09. The molecule has 2 heterocycles. The summed E-state index contributed by atoms with van der Waals surface area (Å²) in [7, 11) is 0. The number of benzene rings is 2. The molecule has 4 aromatic rings. The van der Waals surface area contributed by atoms with E-state index in [-0.39, 0.29) is 6.61 Å². The van der Waals surface area contributed by atoms with Gasteiger partial charge in [0.1, 0.15) is 5.52 Å². The zero-order valence-corrected chi connectivity index (χ0v) is 11.1. The minimum Gasteiger partial charge on any atom is -0.390 e. The Morgan fingerprint density at radius 3 is 2.71 bits per heavy atom. The van der Waals surface area contributed by atoms with Crippen LogP contribution in [0.15, 0.2) is 54.6 Å². The second kappa shape index (κ2) is 4.64. The van der Waals surface area contributed by atoms with E-state index in [1.54, 1.807) is 4.68 Å². The lowest BCUT2D eigenvalue weighted by atomic mass is 10.1. The molecule has 4 rings (SSSR count). The van der Waals surface area contributed by atoms with Crippen molar-refractivity contribution in [3.63, 3.8) is 0 Å². The summed E-state index contributed by atoms with van der Waals surface area (Å²) in [5.74, 6) is 0.686. The first kappa shape index (κ1) is 12.0.